The zero-order chi connectivity index (χ0) is 13.2. The Morgan fingerprint density at radius 3 is 3.21 bits per heavy atom. The zero-order valence-electron chi connectivity index (χ0n) is 10.3. The van der Waals surface area contributed by atoms with Crippen molar-refractivity contribution >= 4 is 17.2 Å². The number of rotatable bonds is 3. The molecule has 0 unspecified atom stereocenters. The maximum Gasteiger partial charge on any atom is 0.228 e. The number of carbonyl (C=O) groups excluding carboxylic acids is 1. The van der Waals surface area contributed by atoms with E-state index in [9.17, 15) is 9.90 Å². The second-order valence-electron chi connectivity index (χ2n) is 4.58. The fourth-order valence-corrected chi connectivity index (χ4v) is 2.92. The molecule has 0 aliphatic carbocycles. The van der Waals surface area contributed by atoms with Crippen molar-refractivity contribution < 1.29 is 14.3 Å². The Kier molecular flexibility index (Phi) is 3.35. The summed E-state index contributed by atoms with van der Waals surface area (Å²) in [5.74, 6) is 0.744. The number of β-amino-alcohol motifs (C(OH)–C–C–N with tert-alkyl or cyclic N) is 1. The van der Waals surface area contributed by atoms with Gasteiger partial charge in [0.1, 0.15) is 0 Å². The van der Waals surface area contributed by atoms with Gasteiger partial charge in [-0.15, -0.1) is 11.3 Å². The Bertz CT molecular complexity index is 564. The first-order valence-corrected chi connectivity index (χ1v) is 7.04. The topological polar surface area (TPSA) is 66.6 Å². The van der Waals surface area contributed by atoms with Crippen LogP contribution in [-0.4, -0.2) is 40.1 Å². The van der Waals surface area contributed by atoms with E-state index in [1.165, 1.54) is 11.3 Å². The molecular weight excluding hydrogens is 264 g/mol. The predicted molar refractivity (Wildman–Crippen MR) is 70.7 cm³/mol. The van der Waals surface area contributed by atoms with Crippen molar-refractivity contribution in [1.29, 1.82) is 0 Å². The Morgan fingerprint density at radius 2 is 2.53 bits per heavy atom. The summed E-state index contributed by atoms with van der Waals surface area (Å²) in [5, 5.41) is 12.1. The number of likely N-dealkylation sites (tertiary alicyclic amines) is 1. The third kappa shape index (κ3) is 2.69. The predicted octanol–water partition coefficient (Wildman–Crippen LogP) is 1.54. The Hall–Kier alpha value is -1.66. The van der Waals surface area contributed by atoms with Crippen molar-refractivity contribution in [2.45, 2.75) is 18.9 Å². The van der Waals surface area contributed by atoms with Crippen molar-refractivity contribution in [3.05, 3.63) is 29.5 Å². The van der Waals surface area contributed by atoms with Crippen molar-refractivity contribution in [2.24, 2.45) is 0 Å². The summed E-state index contributed by atoms with van der Waals surface area (Å²) < 4.78 is 5.27. The smallest absolute Gasteiger partial charge is 0.228 e. The highest BCUT2D eigenvalue weighted by atomic mass is 32.1. The maximum absolute atomic E-state index is 12.0. The molecule has 19 heavy (non-hydrogen) atoms. The van der Waals surface area contributed by atoms with Crippen LogP contribution < -0.4 is 0 Å². The fraction of sp³-hybridized carbons (Fsp3) is 0.385. The molecule has 3 heterocycles. The normalized spacial score (nSPS) is 19.0. The van der Waals surface area contributed by atoms with Gasteiger partial charge in [-0.1, -0.05) is 0 Å². The number of furan rings is 1. The van der Waals surface area contributed by atoms with Gasteiger partial charge in [-0.3, -0.25) is 4.79 Å². The van der Waals surface area contributed by atoms with Crippen molar-refractivity contribution in [3.63, 3.8) is 0 Å². The van der Waals surface area contributed by atoms with Crippen LogP contribution >= 0.6 is 11.3 Å². The molecule has 0 spiro atoms. The van der Waals surface area contributed by atoms with E-state index in [0.29, 0.717) is 19.5 Å². The average Bonchev–Trinajstić information content (AvgIpc) is 3.07. The van der Waals surface area contributed by atoms with Crippen LogP contribution in [0.15, 0.2) is 28.2 Å². The highest BCUT2D eigenvalue weighted by molar-refractivity contribution is 7.13. The first kappa shape index (κ1) is 12.4. The molecule has 1 N–H and O–H groups in total. The van der Waals surface area contributed by atoms with Gasteiger partial charge in [0.15, 0.2) is 10.8 Å². The van der Waals surface area contributed by atoms with Crippen LogP contribution in [0.2, 0.25) is 0 Å². The lowest BCUT2D eigenvalue weighted by Crippen LogP contribution is -2.30. The molecular formula is C13H14N2O3S. The van der Waals surface area contributed by atoms with E-state index in [0.717, 1.165) is 16.5 Å². The molecule has 1 aliphatic heterocycles. The minimum Gasteiger partial charge on any atom is -0.462 e. The first-order chi connectivity index (χ1) is 9.22. The van der Waals surface area contributed by atoms with Gasteiger partial charge >= 0.3 is 0 Å². The Labute approximate surface area is 114 Å². The molecule has 5 nitrogen and oxygen atoms in total. The summed E-state index contributed by atoms with van der Waals surface area (Å²) in [5.41, 5.74) is 0.753. The summed E-state index contributed by atoms with van der Waals surface area (Å²) in [6.07, 6.45) is 2.18. The van der Waals surface area contributed by atoms with Crippen LogP contribution in [0, 0.1) is 0 Å². The average molecular weight is 278 g/mol. The molecule has 1 saturated heterocycles. The van der Waals surface area contributed by atoms with E-state index < -0.39 is 0 Å². The maximum atomic E-state index is 12.0. The third-order valence-corrected chi connectivity index (χ3v) is 4.04. The van der Waals surface area contributed by atoms with Crippen molar-refractivity contribution in [1.82, 2.24) is 9.88 Å². The quantitative estimate of drug-likeness (QED) is 0.924. The molecule has 1 amide bonds. The lowest BCUT2D eigenvalue weighted by Gasteiger charge is -2.14. The summed E-state index contributed by atoms with van der Waals surface area (Å²) in [7, 11) is 0. The highest BCUT2D eigenvalue weighted by Crippen LogP contribution is 2.24. The van der Waals surface area contributed by atoms with Crippen LogP contribution in [0.5, 0.6) is 0 Å². The monoisotopic (exact) mass is 278 g/mol. The number of carbonyl (C=O) groups is 1. The van der Waals surface area contributed by atoms with Crippen LogP contribution in [0.3, 0.4) is 0 Å². The standard InChI is InChI=1S/C13H14N2O3S/c16-10-3-4-15(7-10)12(17)6-9-8-19-13(14-9)11-2-1-5-18-11/h1-2,5,8,10,16H,3-4,6-7H2/t10-/m0/s1. The van der Waals surface area contributed by atoms with E-state index in [2.05, 4.69) is 4.98 Å². The van der Waals surface area contributed by atoms with E-state index in [4.69, 9.17) is 4.42 Å². The van der Waals surface area contributed by atoms with Crippen molar-refractivity contribution in [2.75, 3.05) is 13.1 Å². The molecule has 3 rings (SSSR count). The molecule has 1 aliphatic rings. The Morgan fingerprint density at radius 1 is 1.63 bits per heavy atom. The van der Waals surface area contributed by atoms with Gasteiger partial charge in [-0.05, 0) is 18.6 Å². The Balaban J connectivity index is 1.66. The van der Waals surface area contributed by atoms with Gasteiger partial charge in [-0.2, -0.15) is 0 Å². The van der Waals surface area contributed by atoms with E-state index in [1.54, 1.807) is 11.2 Å². The van der Waals surface area contributed by atoms with Gasteiger partial charge < -0.3 is 14.4 Å². The number of hydrogen-bond donors (Lipinski definition) is 1. The summed E-state index contributed by atoms with van der Waals surface area (Å²) in [6, 6.07) is 3.66. The van der Waals surface area contributed by atoms with E-state index in [1.807, 2.05) is 17.5 Å². The molecule has 1 fully saturated rings. The fourth-order valence-electron chi connectivity index (χ4n) is 2.14. The number of aliphatic hydroxyl groups is 1. The molecule has 2 aromatic heterocycles. The molecule has 100 valence electrons. The number of thiazole rings is 1. The van der Waals surface area contributed by atoms with Crippen LogP contribution in [0.25, 0.3) is 10.8 Å². The molecule has 0 saturated carbocycles. The second kappa shape index (κ2) is 5.14. The largest absolute Gasteiger partial charge is 0.462 e. The van der Waals surface area contributed by atoms with Crippen molar-refractivity contribution in [3.8, 4) is 10.8 Å². The third-order valence-electron chi connectivity index (χ3n) is 3.13. The lowest BCUT2D eigenvalue weighted by molar-refractivity contribution is -0.129. The van der Waals surface area contributed by atoms with Gasteiger partial charge in [0.2, 0.25) is 5.91 Å². The van der Waals surface area contributed by atoms with E-state index >= 15 is 0 Å². The van der Waals surface area contributed by atoms with Gasteiger partial charge in [0.05, 0.1) is 24.5 Å². The lowest BCUT2D eigenvalue weighted by atomic mass is 10.3. The summed E-state index contributed by atoms with van der Waals surface area (Å²) >= 11 is 1.47. The molecule has 0 bridgehead atoms. The molecule has 1 atom stereocenters. The minimum atomic E-state index is -0.377. The zero-order valence-corrected chi connectivity index (χ0v) is 11.1. The minimum absolute atomic E-state index is 0.0212. The molecule has 2 aromatic rings. The molecule has 6 heteroatoms. The van der Waals surface area contributed by atoms with Crippen LogP contribution in [0.4, 0.5) is 0 Å². The van der Waals surface area contributed by atoms with Gasteiger partial charge in [0, 0.05) is 18.5 Å². The van der Waals surface area contributed by atoms with E-state index in [-0.39, 0.29) is 18.4 Å². The molecule has 0 aromatic carbocycles. The number of hydrogen-bond acceptors (Lipinski definition) is 5. The SMILES string of the molecule is O=C(Cc1csc(-c2ccco2)n1)N1CC[C@H](O)C1. The number of aromatic nitrogens is 1. The summed E-state index contributed by atoms with van der Waals surface area (Å²) in [6.45, 7) is 1.07. The van der Waals surface area contributed by atoms with Crippen LogP contribution in [0.1, 0.15) is 12.1 Å². The summed E-state index contributed by atoms with van der Waals surface area (Å²) in [4.78, 5) is 18.1. The number of nitrogens with zero attached hydrogens (tertiary/aromatic N) is 2. The number of aliphatic hydroxyl groups excluding tert-OH is 1. The van der Waals surface area contributed by atoms with Gasteiger partial charge in [-0.25, -0.2) is 4.98 Å². The highest BCUT2D eigenvalue weighted by Gasteiger charge is 2.25. The first-order valence-electron chi connectivity index (χ1n) is 6.16. The molecule has 0 radical (unpaired) electrons. The second-order valence-corrected chi connectivity index (χ2v) is 5.44. The van der Waals surface area contributed by atoms with Gasteiger partial charge in [0.25, 0.3) is 0 Å². The van der Waals surface area contributed by atoms with Crippen LogP contribution in [-0.2, 0) is 11.2 Å². The number of amides is 1.